The van der Waals surface area contributed by atoms with Crippen LogP contribution < -0.4 is 0 Å². The summed E-state index contributed by atoms with van der Waals surface area (Å²) in [5.74, 6) is -0.659. The first-order valence-electron chi connectivity index (χ1n) is 7.50. The van der Waals surface area contributed by atoms with Crippen molar-refractivity contribution in [2.75, 3.05) is 6.61 Å². The first kappa shape index (κ1) is 17.4. The van der Waals surface area contributed by atoms with Gasteiger partial charge in [-0.2, -0.15) is 0 Å². The fourth-order valence-corrected chi connectivity index (χ4v) is 1.68. The van der Waals surface area contributed by atoms with E-state index in [2.05, 4.69) is 13.8 Å². The average molecular weight is 258 g/mol. The van der Waals surface area contributed by atoms with Gasteiger partial charge in [-0.15, -0.1) is 0 Å². The maximum absolute atomic E-state index is 10.2. The monoisotopic (exact) mass is 258 g/mol. The van der Waals surface area contributed by atoms with Crippen molar-refractivity contribution >= 4 is 5.97 Å². The highest BCUT2D eigenvalue weighted by molar-refractivity contribution is 5.66. The average Bonchev–Trinajstić information content (AvgIpc) is 3.10. The van der Waals surface area contributed by atoms with Crippen molar-refractivity contribution in [2.45, 2.75) is 84.2 Å². The van der Waals surface area contributed by atoms with Crippen LogP contribution in [0.1, 0.15) is 78.1 Å². The highest BCUT2D eigenvalue weighted by Gasteiger charge is 2.13. The van der Waals surface area contributed by atoms with E-state index >= 15 is 0 Å². The van der Waals surface area contributed by atoms with Gasteiger partial charge in [0, 0.05) is 6.42 Å². The van der Waals surface area contributed by atoms with E-state index in [-0.39, 0.29) is 0 Å². The van der Waals surface area contributed by atoms with Crippen molar-refractivity contribution < 1.29 is 14.6 Å². The van der Waals surface area contributed by atoms with Crippen LogP contribution in [0.4, 0.5) is 0 Å². The van der Waals surface area contributed by atoms with Gasteiger partial charge in [0.25, 0.3) is 0 Å². The molecular weight excluding hydrogens is 228 g/mol. The summed E-state index contributed by atoms with van der Waals surface area (Å²) in [6, 6.07) is 0. The molecule has 0 bridgehead atoms. The molecule has 1 aliphatic heterocycles. The third-order valence-electron chi connectivity index (χ3n) is 2.99. The Morgan fingerprint density at radius 3 is 1.78 bits per heavy atom. The van der Waals surface area contributed by atoms with Crippen LogP contribution in [-0.4, -0.2) is 23.8 Å². The van der Waals surface area contributed by atoms with E-state index in [9.17, 15) is 4.79 Å². The van der Waals surface area contributed by atoms with Gasteiger partial charge in [-0.05, 0) is 13.3 Å². The number of carboxylic acids is 1. The fraction of sp³-hybridized carbons (Fsp3) is 0.933. The Hall–Kier alpha value is -0.570. The molecule has 1 atom stereocenters. The van der Waals surface area contributed by atoms with E-state index in [1.165, 1.54) is 44.9 Å². The number of rotatable bonds is 10. The van der Waals surface area contributed by atoms with E-state index in [1.807, 2.05) is 0 Å². The van der Waals surface area contributed by atoms with Crippen LogP contribution in [-0.2, 0) is 9.53 Å². The molecule has 0 aromatic carbocycles. The van der Waals surface area contributed by atoms with Crippen LogP contribution >= 0.6 is 0 Å². The number of carboxylic acid groups (broad SMARTS) is 1. The number of hydrogen-bond donors (Lipinski definition) is 1. The Balaban J connectivity index is 0.000000601. The molecule has 0 aromatic rings. The van der Waals surface area contributed by atoms with Crippen molar-refractivity contribution in [3.05, 3.63) is 0 Å². The zero-order valence-electron chi connectivity index (χ0n) is 12.1. The van der Waals surface area contributed by atoms with Gasteiger partial charge in [-0.3, -0.25) is 4.79 Å². The predicted molar refractivity (Wildman–Crippen MR) is 74.9 cm³/mol. The second-order valence-corrected chi connectivity index (χ2v) is 5.12. The number of unbranched alkanes of at least 4 members (excludes halogenated alkanes) is 8. The van der Waals surface area contributed by atoms with Crippen LogP contribution in [0.15, 0.2) is 0 Å². The second kappa shape index (κ2) is 12.9. The highest BCUT2D eigenvalue weighted by Crippen LogP contribution is 2.10. The summed E-state index contributed by atoms with van der Waals surface area (Å²) in [4.78, 5) is 10.2. The maximum Gasteiger partial charge on any atom is 0.303 e. The van der Waals surface area contributed by atoms with Gasteiger partial charge >= 0.3 is 5.97 Å². The first-order chi connectivity index (χ1) is 8.66. The van der Waals surface area contributed by atoms with Crippen molar-refractivity contribution in [3.8, 4) is 0 Å². The molecule has 1 unspecified atom stereocenters. The number of carbonyl (C=O) groups is 1. The van der Waals surface area contributed by atoms with E-state index < -0.39 is 5.97 Å². The predicted octanol–water partition coefficient (Wildman–Crippen LogP) is 4.40. The summed E-state index contributed by atoms with van der Waals surface area (Å²) in [7, 11) is 0. The van der Waals surface area contributed by atoms with E-state index in [0.29, 0.717) is 12.5 Å². The molecule has 1 aliphatic rings. The van der Waals surface area contributed by atoms with Crippen molar-refractivity contribution in [1.29, 1.82) is 0 Å². The van der Waals surface area contributed by atoms with Crippen LogP contribution in [0, 0.1) is 0 Å². The highest BCUT2D eigenvalue weighted by atomic mass is 16.6. The Kier molecular flexibility index (Phi) is 12.5. The Morgan fingerprint density at radius 2 is 1.44 bits per heavy atom. The summed E-state index contributed by atoms with van der Waals surface area (Å²) in [5.41, 5.74) is 0. The topological polar surface area (TPSA) is 49.8 Å². The minimum atomic E-state index is -0.659. The molecule has 0 aromatic heterocycles. The third-order valence-corrected chi connectivity index (χ3v) is 2.99. The molecule has 1 saturated heterocycles. The molecule has 1 N–H and O–H groups in total. The van der Waals surface area contributed by atoms with Crippen LogP contribution in [0.3, 0.4) is 0 Å². The van der Waals surface area contributed by atoms with Crippen molar-refractivity contribution in [3.63, 3.8) is 0 Å². The normalized spacial score (nSPS) is 16.9. The quantitative estimate of drug-likeness (QED) is 0.467. The SMILES string of the molecule is CC1CO1.CCCCCCCCCCCC(=O)O. The molecule has 18 heavy (non-hydrogen) atoms. The van der Waals surface area contributed by atoms with Crippen LogP contribution in [0.2, 0.25) is 0 Å². The lowest BCUT2D eigenvalue weighted by molar-refractivity contribution is -0.137. The number of epoxide rings is 1. The van der Waals surface area contributed by atoms with E-state index in [4.69, 9.17) is 9.84 Å². The minimum absolute atomic E-state index is 0.343. The standard InChI is InChI=1S/C12H24O2.C3H6O/c1-2-3-4-5-6-7-8-9-10-11-12(13)14;1-3-2-4-3/h2-11H2,1H3,(H,13,14);3H,2H2,1H3. The molecule has 1 rings (SSSR count). The molecule has 3 heteroatoms. The van der Waals surface area contributed by atoms with Gasteiger partial charge in [-0.25, -0.2) is 0 Å². The van der Waals surface area contributed by atoms with Gasteiger partial charge in [0.1, 0.15) is 0 Å². The molecule has 1 fully saturated rings. The minimum Gasteiger partial charge on any atom is -0.481 e. The summed E-state index contributed by atoms with van der Waals surface area (Å²) in [6.07, 6.45) is 12.1. The molecule has 0 spiro atoms. The zero-order valence-corrected chi connectivity index (χ0v) is 12.1. The van der Waals surface area contributed by atoms with Gasteiger partial charge in [0.05, 0.1) is 12.7 Å². The molecule has 0 aliphatic carbocycles. The van der Waals surface area contributed by atoms with E-state index in [1.54, 1.807) is 0 Å². The lowest BCUT2D eigenvalue weighted by atomic mass is 10.1. The second-order valence-electron chi connectivity index (χ2n) is 5.12. The van der Waals surface area contributed by atoms with Crippen molar-refractivity contribution in [1.82, 2.24) is 0 Å². The molecule has 0 radical (unpaired) electrons. The number of aliphatic carboxylic acids is 1. The first-order valence-corrected chi connectivity index (χ1v) is 7.50. The molecule has 0 saturated carbocycles. The summed E-state index contributed by atoms with van der Waals surface area (Å²) >= 11 is 0. The van der Waals surface area contributed by atoms with Gasteiger partial charge in [0.2, 0.25) is 0 Å². The molecule has 108 valence electrons. The molecule has 0 amide bonds. The number of ether oxygens (including phenoxy) is 1. The summed E-state index contributed by atoms with van der Waals surface area (Å²) < 4.78 is 4.71. The molecule has 1 heterocycles. The van der Waals surface area contributed by atoms with Gasteiger partial charge in [-0.1, -0.05) is 58.3 Å². The fourth-order valence-electron chi connectivity index (χ4n) is 1.68. The number of hydrogen-bond acceptors (Lipinski definition) is 2. The maximum atomic E-state index is 10.2. The smallest absolute Gasteiger partial charge is 0.303 e. The van der Waals surface area contributed by atoms with Crippen LogP contribution in [0.25, 0.3) is 0 Å². The Bertz CT molecular complexity index is 188. The Labute approximate surface area is 112 Å². The third kappa shape index (κ3) is 17.8. The molecule has 3 nitrogen and oxygen atoms in total. The van der Waals surface area contributed by atoms with Crippen LogP contribution in [0.5, 0.6) is 0 Å². The molecular formula is C15H30O3. The summed E-state index contributed by atoms with van der Waals surface area (Å²) in [6.45, 7) is 5.27. The van der Waals surface area contributed by atoms with Gasteiger partial charge < -0.3 is 9.84 Å². The summed E-state index contributed by atoms with van der Waals surface area (Å²) in [5, 5.41) is 8.41. The largest absolute Gasteiger partial charge is 0.481 e. The lowest BCUT2D eigenvalue weighted by Crippen LogP contribution is -1.93. The Morgan fingerprint density at radius 1 is 1.06 bits per heavy atom. The van der Waals surface area contributed by atoms with Gasteiger partial charge in [0.15, 0.2) is 0 Å². The lowest BCUT2D eigenvalue weighted by Gasteiger charge is -2.00. The van der Waals surface area contributed by atoms with E-state index in [0.717, 1.165) is 19.4 Å². The van der Waals surface area contributed by atoms with Crippen molar-refractivity contribution in [2.24, 2.45) is 0 Å². The zero-order chi connectivity index (χ0) is 13.6.